The first-order valence-electron chi connectivity index (χ1n) is 9.95. The lowest BCUT2D eigenvalue weighted by atomic mass is 10.2. The molecule has 0 spiro atoms. The number of sulfonamides is 1. The Morgan fingerprint density at radius 2 is 1.59 bits per heavy atom. The number of benzene rings is 3. The Balaban J connectivity index is 1.49. The zero-order valence-electron chi connectivity index (χ0n) is 17.0. The van der Waals surface area contributed by atoms with Gasteiger partial charge in [0.25, 0.3) is 5.91 Å². The minimum absolute atomic E-state index is 0.141. The molecule has 4 rings (SSSR count). The van der Waals surface area contributed by atoms with Gasteiger partial charge in [-0.3, -0.25) is 4.79 Å². The Morgan fingerprint density at radius 1 is 0.938 bits per heavy atom. The molecule has 1 fully saturated rings. The maximum Gasteiger partial charge on any atom is 0.258 e. The average Bonchev–Trinajstić information content (AvgIpc) is 2.82. The minimum atomic E-state index is -3.85. The molecule has 1 heterocycles. The van der Waals surface area contributed by atoms with Gasteiger partial charge in [0.2, 0.25) is 10.0 Å². The van der Waals surface area contributed by atoms with E-state index in [4.69, 9.17) is 9.47 Å². The van der Waals surface area contributed by atoms with E-state index in [0.717, 1.165) is 18.2 Å². The number of amides is 1. The van der Waals surface area contributed by atoms with Gasteiger partial charge in [-0.1, -0.05) is 18.2 Å². The van der Waals surface area contributed by atoms with E-state index in [-0.39, 0.29) is 36.8 Å². The van der Waals surface area contributed by atoms with Crippen LogP contribution < -0.4 is 10.1 Å². The van der Waals surface area contributed by atoms with E-state index < -0.39 is 21.7 Å². The Hall–Kier alpha value is -3.27. The Bertz CT molecular complexity index is 1190. The van der Waals surface area contributed by atoms with Crippen LogP contribution in [0.3, 0.4) is 0 Å². The van der Waals surface area contributed by atoms with E-state index in [1.165, 1.54) is 4.31 Å². The number of hydrogen-bond donors (Lipinski definition) is 1. The molecule has 1 amide bonds. The van der Waals surface area contributed by atoms with Crippen LogP contribution in [0.2, 0.25) is 0 Å². The second kappa shape index (κ2) is 9.47. The summed E-state index contributed by atoms with van der Waals surface area (Å²) < 4.78 is 52.1. The van der Waals surface area contributed by atoms with Crippen LogP contribution in [0.4, 0.5) is 10.1 Å². The predicted octanol–water partition coefficient (Wildman–Crippen LogP) is 3.89. The second-order valence-electron chi connectivity index (χ2n) is 7.05. The number of para-hydroxylation sites is 1. The van der Waals surface area contributed by atoms with E-state index in [1.807, 2.05) is 30.3 Å². The number of nitrogens with one attached hydrogen (secondary N) is 1. The van der Waals surface area contributed by atoms with Gasteiger partial charge in [0.1, 0.15) is 17.3 Å². The van der Waals surface area contributed by atoms with Crippen molar-refractivity contribution in [3.8, 4) is 11.5 Å². The number of carbonyl (C=O) groups is 1. The molecule has 0 atom stereocenters. The van der Waals surface area contributed by atoms with Gasteiger partial charge in [-0.05, 0) is 54.6 Å². The highest BCUT2D eigenvalue weighted by Crippen LogP contribution is 2.24. The molecular formula is C23H21FN2O5S. The molecule has 7 nitrogen and oxygen atoms in total. The van der Waals surface area contributed by atoms with Gasteiger partial charge in [0.05, 0.1) is 23.7 Å². The largest absolute Gasteiger partial charge is 0.457 e. The zero-order chi connectivity index (χ0) is 22.6. The number of ether oxygens (including phenoxy) is 2. The molecule has 0 unspecified atom stereocenters. The van der Waals surface area contributed by atoms with Crippen LogP contribution in [-0.4, -0.2) is 44.9 Å². The summed E-state index contributed by atoms with van der Waals surface area (Å²) in [7, 11) is -3.85. The van der Waals surface area contributed by atoms with Gasteiger partial charge in [0, 0.05) is 18.8 Å². The minimum Gasteiger partial charge on any atom is -0.457 e. The number of rotatable bonds is 6. The summed E-state index contributed by atoms with van der Waals surface area (Å²) in [6.45, 7) is 0.993. The highest BCUT2D eigenvalue weighted by Gasteiger charge is 2.28. The van der Waals surface area contributed by atoms with E-state index in [9.17, 15) is 17.6 Å². The lowest BCUT2D eigenvalue weighted by Crippen LogP contribution is -2.40. The standard InChI is InChI=1S/C23H21FN2O5S/c24-22-11-10-20(32(28,29)26-12-14-30-15-13-26)16-21(22)23(27)25-17-6-8-19(9-7-17)31-18-4-2-1-3-5-18/h1-11,16H,12-15H2,(H,25,27). The molecule has 0 aromatic heterocycles. The van der Waals surface area contributed by atoms with Crippen molar-refractivity contribution < 1.29 is 27.1 Å². The summed E-state index contributed by atoms with van der Waals surface area (Å²) in [5.41, 5.74) is 0.0557. The molecule has 1 N–H and O–H groups in total. The Labute approximate surface area is 185 Å². The van der Waals surface area contributed by atoms with Crippen LogP contribution in [0, 0.1) is 5.82 Å². The molecule has 1 aliphatic heterocycles. The maximum absolute atomic E-state index is 14.4. The fraction of sp³-hybridized carbons (Fsp3) is 0.174. The van der Waals surface area contributed by atoms with Gasteiger partial charge in [0.15, 0.2) is 0 Å². The van der Waals surface area contributed by atoms with Crippen molar-refractivity contribution in [1.82, 2.24) is 4.31 Å². The Kier molecular flexibility index (Phi) is 6.50. The number of nitrogens with zero attached hydrogens (tertiary/aromatic N) is 1. The van der Waals surface area contributed by atoms with Crippen molar-refractivity contribution in [2.75, 3.05) is 31.6 Å². The van der Waals surface area contributed by atoms with Crippen molar-refractivity contribution in [2.24, 2.45) is 0 Å². The van der Waals surface area contributed by atoms with Gasteiger partial charge in [-0.2, -0.15) is 4.31 Å². The first-order valence-corrected chi connectivity index (χ1v) is 11.4. The SMILES string of the molecule is O=C(Nc1ccc(Oc2ccccc2)cc1)c1cc(S(=O)(=O)N2CCOCC2)ccc1F. The quantitative estimate of drug-likeness (QED) is 0.608. The van der Waals surface area contributed by atoms with Gasteiger partial charge in [-0.25, -0.2) is 12.8 Å². The van der Waals surface area contributed by atoms with Crippen LogP contribution >= 0.6 is 0 Å². The second-order valence-corrected chi connectivity index (χ2v) is 8.99. The zero-order valence-corrected chi connectivity index (χ0v) is 17.8. The number of anilines is 1. The van der Waals surface area contributed by atoms with E-state index in [0.29, 0.717) is 17.2 Å². The number of morpholine rings is 1. The summed E-state index contributed by atoms with van der Waals surface area (Å²) in [6, 6.07) is 19.0. The molecule has 3 aromatic rings. The molecule has 32 heavy (non-hydrogen) atoms. The fourth-order valence-corrected chi connectivity index (χ4v) is 4.64. The molecule has 1 aliphatic rings. The molecular weight excluding hydrogens is 435 g/mol. The summed E-state index contributed by atoms with van der Waals surface area (Å²) in [6.07, 6.45) is 0. The van der Waals surface area contributed by atoms with Crippen LogP contribution in [-0.2, 0) is 14.8 Å². The smallest absolute Gasteiger partial charge is 0.258 e. The van der Waals surface area contributed by atoms with Crippen molar-refractivity contribution in [2.45, 2.75) is 4.90 Å². The Morgan fingerprint density at radius 3 is 2.28 bits per heavy atom. The van der Waals surface area contributed by atoms with Gasteiger partial charge in [-0.15, -0.1) is 0 Å². The van der Waals surface area contributed by atoms with E-state index in [1.54, 1.807) is 24.3 Å². The van der Waals surface area contributed by atoms with Gasteiger partial charge >= 0.3 is 0 Å². The van der Waals surface area contributed by atoms with E-state index in [2.05, 4.69) is 5.32 Å². The van der Waals surface area contributed by atoms with Crippen LogP contribution in [0.5, 0.6) is 11.5 Å². The highest BCUT2D eigenvalue weighted by atomic mass is 32.2. The molecule has 0 bridgehead atoms. The molecule has 0 saturated carbocycles. The molecule has 0 aliphatic carbocycles. The van der Waals surface area contributed by atoms with Crippen LogP contribution in [0.25, 0.3) is 0 Å². The highest BCUT2D eigenvalue weighted by molar-refractivity contribution is 7.89. The van der Waals surface area contributed by atoms with Crippen molar-refractivity contribution >= 4 is 21.6 Å². The topological polar surface area (TPSA) is 84.9 Å². The third kappa shape index (κ3) is 4.96. The number of hydrogen-bond acceptors (Lipinski definition) is 5. The normalized spacial score (nSPS) is 14.7. The fourth-order valence-electron chi connectivity index (χ4n) is 3.20. The summed E-state index contributed by atoms with van der Waals surface area (Å²) in [4.78, 5) is 12.5. The monoisotopic (exact) mass is 456 g/mol. The van der Waals surface area contributed by atoms with Gasteiger partial charge < -0.3 is 14.8 Å². The summed E-state index contributed by atoms with van der Waals surface area (Å²) in [5.74, 6) is -0.325. The molecule has 9 heteroatoms. The maximum atomic E-state index is 14.4. The molecule has 0 radical (unpaired) electrons. The predicted molar refractivity (Wildman–Crippen MR) is 117 cm³/mol. The third-order valence-electron chi connectivity index (χ3n) is 4.88. The van der Waals surface area contributed by atoms with Crippen molar-refractivity contribution in [1.29, 1.82) is 0 Å². The average molecular weight is 456 g/mol. The van der Waals surface area contributed by atoms with Crippen LogP contribution in [0.15, 0.2) is 77.7 Å². The summed E-state index contributed by atoms with van der Waals surface area (Å²) in [5, 5.41) is 2.59. The summed E-state index contributed by atoms with van der Waals surface area (Å²) >= 11 is 0. The molecule has 3 aromatic carbocycles. The van der Waals surface area contributed by atoms with Crippen LogP contribution in [0.1, 0.15) is 10.4 Å². The first-order chi connectivity index (χ1) is 15.4. The first kappa shape index (κ1) is 21.9. The van der Waals surface area contributed by atoms with Crippen molar-refractivity contribution in [3.05, 3.63) is 84.2 Å². The lowest BCUT2D eigenvalue weighted by molar-refractivity contribution is 0.0730. The van der Waals surface area contributed by atoms with E-state index >= 15 is 0 Å². The lowest BCUT2D eigenvalue weighted by Gasteiger charge is -2.26. The third-order valence-corrected chi connectivity index (χ3v) is 6.78. The molecule has 1 saturated heterocycles. The van der Waals surface area contributed by atoms with Crippen molar-refractivity contribution in [3.63, 3.8) is 0 Å². The number of carbonyl (C=O) groups excluding carboxylic acids is 1. The molecule has 166 valence electrons. The number of halogens is 1.